The lowest BCUT2D eigenvalue weighted by Crippen LogP contribution is -2.23. The summed E-state index contributed by atoms with van der Waals surface area (Å²) in [7, 11) is 0. The van der Waals surface area contributed by atoms with Crippen molar-refractivity contribution in [3.05, 3.63) is 53.6 Å². The first-order chi connectivity index (χ1) is 12.7. The third-order valence-electron chi connectivity index (χ3n) is 3.47. The fourth-order valence-corrected chi connectivity index (χ4v) is 2.26. The molecule has 7 heteroatoms. The number of carboxylic acid groups (broad SMARTS) is 1. The number of aryl methyl sites for hydroxylation is 1. The minimum Gasteiger partial charge on any atom is -0.507 e. The number of azo groups is 1. The molecular weight excluding hydrogens is 348 g/mol. The Bertz CT molecular complexity index is 869. The average Bonchev–Trinajstić information content (AvgIpc) is 2.58. The van der Waals surface area contributed by atoms with Crippen LogP contribution in [0.5, 0.6) is 5.75 Å². The van der Waals surface area contributed by atoms with E-state index >= 15 is 0 Å². The number of carbonyl (C=O) groups is 2. The van der Waals surface area contributed by atoms with Crippen LogP contribution in [0.1, 0.15) is 43.1 Å². The zero-order valence-corrected chi connectivity index (χ0v) is 15.5. The number of aliphatic carboxylic acids is 1. The van der Waals surface area contributed by atoms with Crippen LogP contribution in [-0.4, -0.2) is 27.8 Å². The molecule has 0 amide bonds. The molecule has 0 saturated heterocycles. The van der Waals surface area contributed by atoms with Crippen LogP contribution in [0.25, 0.3) is 0 Å². The average molecular weight is 370 g/mol. The number of nitrogens with zero attached hydrogens (tertiary/aromatic N) is 2. The Hall–Kier alpha value is -3.22. The molecule has 27 heavy (non-hydrogen) atoms. The fraction of sp³-hybridized carbons (Fsp3) is 0.300. The SMILES string of the molecule is CC(C)(C)OC(=O)c1cc(N=Nc2ccccc2CCC(=O)O)ccc1O. The Kier molecular flexibility index (Phi) is 6.28. The normalized spacial score (nSPS) is 11.5. The highest BCUT2D eigenvalue weighted by atomic mass is 16.6. The van der Waals surface area contributed by atoms with Crippen LogP contribution in [0.2, 0.25) is 0 Å². The third kappa shape index (κ3) is 6.22. The van der Waals surface area contributed by atoms with Crippen LogP contribution < -0.4 is 0 Å². The van der Waals surface area contributed by atoms with Crippen LogP contribution in [0.4, 0.5) is 11.4 Å². The molecule has 2 N–H and O–H groups in total. The first kappa shape index (κ1) is 20.1. The smallest absolute Gasteiger partial charge is 0.342 e. The van der Waals surface area contributed by atoms with Crippen molar-refractivity contribution in [3.63, 3.8) is 0 Å². The molecule has 2 rings (SSSR count). The summed E-state index contributed by atoms with van der Waals surface area (Å²) in [6, 6.07) is 11.4. The molecule has 0 heterocycles. The molecule has 0 aliphatic carbocycles. The third-order valence-corrected chi connectivity index (χ3v) is 3.47. The van der Waals surface area contributed by atoms with Crippen molar-refractivity contribution in [1.29, 1.82) is 0 Å². The molecule has 0 aliphatic heterocycles. The molecule has 2 aromatic carbocycles. The van der Waals surface area contributed by atoms with Gasteiger partial charge in [0.05, 0.1) is 11.4 Å². The van der Waals surface area contributed by atoms with Crippen LogP contribution in [0.15, 0.2) is 52.7 Å². The Morgan fingerprint density at radius 1 is 1.07 bits per heavy atom. The Morgan fingerprint density at radius 3 is 2.44 bits per heavy atom. The minimum absolute atomic E-state index is 0.000498. The van der Waals surface area contributed by atoms with E-state index in [0.717, 1.165) is 5.56 Å². The minimum atomic E-state index is -0.887. The van der Waals surface area contributed by atoms with Gasteiger partial charge in [-0.2, -0.15) is 10.2 Å². The van der Waals surface area contributed by atoms with Crippen LogP contribution in [0.3, 0.4) is 0 Å². The van der Waals surface area contributed by atoms with Crippen molar-refractivity contribution in [1.82, 2.24) is 0 Å². The van der Waals surface area contributed by atoms with E-state index in [2.05, 4.69) is 10.2 Å². The second kappa shape index (κ2) is 8.44. The largest absolute Gasteiger partial charge is 0.507 e. The summed E-state index contributed by atoms with van der Waals surface area (Å²) in [4.78, 5) is 23.0. The molecule has 0 aromatic heterocycles. The van der Waals surface area contributed by atoms with Gasteiger partial charge in [0, 0.05) is 6.42 Å². The van der Waals surface area contributed by atoms with E-state index in [0.29, 0.717) is 17.8 Å². The van der Waals surface area contributed by atoms with Crippen molar-refractivity contribution in [2.75, 3.05) is 0 Å². The number of aromatic hydroxyl groups is 1. The number of carboxylic acids is 1. The van der Waals surface area contributed by atoms with Gasteiger partial charge in [-0.15, -0.1) is 0 Å². The van der Waals surface area contributed by atoms with Crippen molar-refractivity contribution in [3.8, 4) is 5.75 Å². The highest BCUT2D eigenvalue weighted by molar-refractivity contribution is 5.93. The molecule has 0 spiro atoms. The highest BCUT2D eigenvalue weighted by Gasteiger charge is 2.20. The number of phenols is 1. The molecule has 0 unspecified atom stereocenters. The number of rotatable bonds is 6. The van der Waals surface area contributed by atoms with Gasteiger partial charge in [0.15, 0.2) is 0 Å². The maximum Gasteiger partial charge on any atom is 0.342 e. The van der Waals surface area contributed by atoms with Gasteiger partial charge in [0.1, 0.15) is 16.9 Å². The van der Waals surface area contributed by atoms with Gasteiger partial charge in [-0.1, -0.05) is 18.2 Å². The van der Waals surface area contributed by atoms with Gasteiger partial charge in [-0.3, -0.25) is 4.79 Å². The van der Waals surface area contributed by atoms with Gasteiger partial charge in [0.2, 0.25) is 0 Å². The number of phenolic OH excluding ortho intramolecular Hbond substituents is 1. The van der Waals surface area contributed by atoms with Gasteiger partial charge in [0.25, 0.3) is 0 Å². The van der Waals surface area contributed by atoms with E-state index in [1.807, 2.05) is 0 Å². The number of ether oxygens (including phenoxy) is 1. The van der Waals surface area contributed by atoms with Gasteiger partial charge in [-0.05, 0) is 57.0 Å². The molecule has 0 bridgehead atoms. The summed E-state index contributed by atoms with van der Waals surface area (Å²) >= 11 is 0. The predicted octanol–water partition coefficient (Wildman–Crippen LogP) is 4.78. The zero-order chi connectivity index (χ0) is 20.0. The van der Waals surface area contributed by atoms with Crippen LogP contribution in [-0.2, 0) is 16.0 Å². The molecule has 0 fully saturated rings. The first-order valence-corrected chi connectivity index (χ1v) is 8.43. The van der Waals surface area contributed by atoms with Gasteiger partial charge < -0.3 is 14.9 Å². The lowest BCUT2D eigenvalue weighted by molar-refractivity contribution is -0.136. The molecule has 0 radical (unpaired) electrons. The Balaban J connectivity index is 2.24. The van der Waals surface area contributed by atoms with E-state index in [4.69, 9.17) is 9.84 Å². The standard InChI is InChI=1S/C20H22N2O5/c1-20(2,3)27-19(26)15-12-14(9-10-17(15)23)21-22-16-7-5-4-6-13(16)8-11-18(24)25/h4-7,9-10,12,23H,8,11H2,1-3H3,(H,24,25). The predicted molar refractivity (Wildman–Crippen MR) is 99.9 cm³/mol. The van der Waals surface area contributed by atoms with Crippen LogP contribution in [0, 0.1) is 0 Å². The van der Waals surface area contributed by atoms with Crippen molar-refractivity contribution < 1.29 is 24.5 Å². The molecule has 0 atom stereocenters. The maximum absolute atomic E-state index is 12.2. The Morgan fingerprint density at radius 2 is 1.78 bits per heavy atom. The van der Waals surface area contributed by atoms with E-state index < -0.39 is 17.5 Å². The number of benzene rings is 2. The maximum atomic E-state index is 12.2. The van der Waals surface area contributed by atoms with E-state index in [1.165, 1.54) is 18.2 Å². The highest BCUT2D eigenvalue weighted by Crippen LogP contribution is 2.28. The molecule has 2 aromatic rings. The first-order valence-electron chi connectivity index (χ1n) is 8.43. The van der Waals surface area contributed by atoms with Gasteiger partial charge >= 0.3 is 11.9 Å². The number of carbonyl (C=O) groups excluding carboxylic acids is 1. The van der Waals surface area contributed by atoms with Crippen LogP contribution >= 0.6 is 0 Å². The number of esters is 1. The molecule has 0 aliphatic rings. The molecule has 7 nitrogen and oxygen atoms in total. The Labute approximate surface area is 157 Å². The summed E-state index contributed by atoms with van der Waals surface area (Å²) < 4.78 is 5.27. The number of hydrogen-bond acceptors (Lipinski definition) is 6. The number of hydrogen-bond donors (Lipinski definition) is 2. The molecular formula is C20H22N2O5. The lowest BCUT2D eigenvalue weighted by Gasteiger charge is -2.19. The molecule has 142 valence electrons. The van der Waals surface area contributed by atoms with E-state index in [-0.39, 0.29) is 17.7 Å². The van der Waals surface area contributed by atoms with Crippen molar-refractivity contribution in [2.24, 2.45) is 10.2 Å². The van der Waals surface area contributed by atoms with Crippen molar-refractivity contribution >= 4 is 23.3 Å². The second-order valence-electron chi connectivity index (χ2n) is 6.93. The van der Waals surface area contributed by atoms with E-state index in [9.17, 15) is 14.7 Å². The van der Waals surface area contributed by atoms with Crippen molar-refractivity contribution in [2.45, 2.75) is 39.2 Å². The molecule has 0 saturated carbocycles. The lowest BCUT2D eigenvalue weighted by atomic mass is 10.1. The second-order valence-corrected chi connectivity index (χ2v) is 6.93. The quantitative estimate of drug-likeness (QED) is 0.562. The fourth-order valence-electron chi connectivity index (χ4n) is 2.26. The monoisotopic (exact) mass is 370 g/mol. The topological polar surface area (TPSA) is 109 Å². The summed E-state index contributed by atoms with van der Waals surface area (Å²) in [6.45, 7) is 5.21. The summed E-state index contributed by atoms with van der Waals surface area (Å²) in [5.41, 5.74) is 0.979. The zero-order valence-electron chi connectivity index (χ0n) is 15.5. The van der Waals surface area contributed by atoms with Gasteiger partial charge in [-0.25, -0.2) is 4.79 Å². The van der Waals surface area contributed by atoms with E-state index in [1.54, 1.807) is 45.0 Å². The summed E-state index contributed by atoms with van der Waals surface area (Å²) in [5.74, 6) is -1.74. The summed E-state index contributed by atoms with van der Waals surface area (Å²) in [6.07, 6.45) is 0.331. The summed E-state index contributed by atoms with van der Waals surface area (Å²) in [5, 5.41) is 27.0.